The highest BCUT2D eigenvalue weighted by Crippen LogP contribution is 1.92. The molecule has 5 nitrogen and oxygen atoms in total. The van der Waals surface area contributed by atoms with Crippen LogP contribution in [0.25, 0.3) is 0 Å². The van der Waals surface area contributed by atoms with Gasteiger partial charge in [0, 0.05) is 33.3 Å². The molecular weight excluding hydrogens is 196 g/mol. The summed E-state index contributed by atoms with van der Waals surface area (Å²) in [5.74, 6) is -0.971. The number of aldehydes is 1. The van der Waals surface area contributed by atoms with Crippen molar-refractivity contribution < 1.29 is 14.7 Å². The molecule has 1 N–H and O–H groups in total. The first-order chi connectivity index (χ1) is 7.01. The summed E-state index contributed by atoms with van der Waals surface area (Å²) in [7, 11) is 3.43. The molecule has 0 saturated heterocycles. The number of likely N-dealkylation sites (N-methyl/N-ethyl adjacent to an activating group) is 2. The summed E-state index contributed by atoms with van der Waals surface area (Å²) >= 11 is 0. The van der Waals surface area contributed by atoms with E-state index in [1.54, 1.807) is 13.2 Å². The van der Waals surface area contributed by atoms with Crippen molar-refractivity contribution in [2.24, 2.45) is 0 Å². The third-order valence-electron chi connectivity index (χ3n) is 1.87. The van der Waals surface area contributed by atoms with E-state index in [0.717, 1.165) is 6.08 Å². The van der Waals surface area contributed by atoms with Crippen LogP contribution in [0.5, 0.6) is 0 Å². The van der Waals surface area contributed by atoms with Crippen LogP contribution in [0.3, 0.4) is 0 Å². The van der Waals surface area contributed by atoms with E-state index in [2.05, 4.69) is 6.58 Å². The highest BCUT2D eigenvalue weighted by molar-refractivity contribution is 5.92. The lowest BCUT2D eigenvalue weighted by Gasteiger charge is -2.19. The lowest BCUT2D eigenvalue weighted by Crippen LogP contribution is -2.32. The lowest BCUT2D eigenvalue weighted by atomic mass is 10.4. The molecule has 5 heteroatoms. The summed E-state index contributed by atoms with van der Waals surface area (Å²) in [5.41, 5.74) is 0. The molecule has 0 aromatic carbocycles. The molecule has 0 aromatic heterocycles. The number of amides is 1. The quantitative estimate of drug-likeness (QED) is 0.387. The molecule has 0 fully saturated rings. The minimum Gasteiger partial charge on any atom is -0.504 e. The van der Waals surface area contributed by atoms with E-state index in [0.29, 0.717) is 13.1 Å². The molecule has 0 aromatic rings. The van der Waals surface area contributed by atoms with Crippen molar-refractivity contribution in [1.29, 1.82) is 0 Å². The first-order valence-corrected chi connectivity index (χ1v) is 4.45. The van der Waals surface area contributed by atoms with Crippen LogP contribution in [0.15, 0.2) is 24.6 Å². The molecular formula is C10H16N2O3. The van der Waals surface area contributed by atoms with Crippen LogP contribution in [0, 0.1) is 0 Å². The number of carbonyl (C=O) groups is 2. The predicted octanol–water partition coefficient (Wildman–Crippen LogP) is 0.161. The van der Waals surface area contributed by atoms with Gasteiger partial charge in [-0.05, 0) is 6.20 Å². The number of allylic oxidation sites excluding steroid dienone is 1. The maximum atomic E-state index is 11.3. The molecule has 0 spiro atoms. The number of carbonyl (C=O) groups excluding carboxylic acids is 2. The number of rotatable bonds is 6. The zero-order chi connectivity index (χ0) is 11.8. The highest BCUT2D eigenvalue weighted by atomic mass is 16.3. The molecule has 0 atom stereocenters. The Labute approximate surface area is 89.3 Å². The standard InChI is InChI=1S/C10H16N2O3/c1-4-11(2)5-6-12(3)10(15)7-9(14)8-13/h4,7-8,14H,1,5-6H2,2-3H3/b9-7-. The van der Waals surface area contributed by atoms with Gasteiger partial charge in [0.15, 0.2) is 12.0 Å². The van der Waals surface area contributed by atoms with Crippen molar-refractivity contribution >= 4 is 12.2 Å². The van der Waals surface area contributed by atoms with Crippen LogP contribution in [0.4, 0.5) is 0 Å². The van der Waals surface area contributed by atoms with Crippen molar-refractivity contribution in [3.05, 3.63) is 24.6 Å². The van der Waals surface area contributed by atoms with Gasteiger partial charge in [0.25, 0.3) is 0 Å². The second-order valence-electron chi connectivity index (χ2n) is 3.11. The second-order valence-corrected chi connectivity index (χ2v) is 3.11. The van der Waals surface area contributed by atoms with Gasteiger partial charge in [-0.2, -0.15) is 0 Å². The fourth-order valence-corrected chi connectivity index (χ4v) is 0.780. The van der Waals surface area contributed by atoms with Crippen molar-refractivity contribution in [3.63, 3.8) is 0 Å². The summed E-state index contributed by atoms with van der Waals surface area (Å²) in [4.78, 5) is 24.6. The zero-order valence-corrected chi connectivity index (χ0v) is 9.01. The van der Waals surface area contributed by atoms with E-state index in [9.17, 15) is 9.59 Å². The molecule has 15 heavy (non-hydrogen) atoms. The summed E-state index contributed by atoms with van der Waals surface area (Å²) in [6.45, 7) is 4.70. The van der Waals surface area contributed by atoms with E-state index in [4.69, 9.17) is 5.11 Å². The van der Waals surface area contributed by atoms with E-state index in [-0.39, 0.29) is 6.29 Å². The van der Waals surface area contributed by atoms with E-state index >= 15 is 0 Å². The summed E-state index contributed by atoms with van der Waals surface area (Å²) in [6.07, 6.45) is 2.76. The van der Waals surface area contributed by atoms with Gasteiger partial charge in [0.1, 0.15) is 0 Å². The largest absolute Gasteiger partial charge is 0.504 e. The van der Waals surface area contributed by atoms with Crippen LogP contribution < -0.4 is 0 Å². The minimum absolute atomic E-state index is 0.224. The molecule has 0 rings (SSSR count). The Morgan fingerprint density at radius 3 is 2.47 bits per heavy atom. The number of aliphatic hydroxyl groups is 1. The van der Waals surface area contributed by atoms with Crippen molar-refractivity contribution in [1.82, 2.24) is 9.80 Å². The molecule has 0 aliphatic rings. The smallest absolute Gasteiger partial charge is 0.250 e. The lowest BCUT2D eigenvalue weighted by molar-refractivity contribution is -0.125. The fourth-order valence-electron chi connectivity index (χ4n) is 0.780. The Morgan fingerprint density at radius 2 is 2.00 bits per heavy atom. The van der Waals surface area contributed by atoms with Crippen molar-refractivity contribution in [2.75, 3.05) is 27.2 Å². The normalized spacial score (nSPS) is 10.7. The Balaban J connectivity index is 4.10. The average Bonchev–Trinajstić information content (AvgIpc) is 2.24. The van der Waals surface area contributed by atoms with Crippen LogP contribution in [0.1, 0.15) is 0 Å². The minimum atomic E-state index is -0.566. The Bertz CT molecular complexity index is 274. The number of hydrogen-bond acceptors (Lipinski definition) is 4. The van der Waals surface area contributed by atoms with Crippen molar-refractivity contribution in [3.8, 4) is 0 Å². The molecule has 1 amide bonds. The van der Waals surface area contributed by atoms with Crippen LogP contribution in [-0.4, -0.2) is 54.3 Å². The molecule has 84 valence electrons. The van der Waals surface area contributed by atoms with E-state index < -0.39 is 11.7 Å². The average molecular weight is 212 g/mol. The highest BCUT2D eigenvalue weighted by Gasteiger charge is 2.06. The second kappa shape index (κ2) is 6.64. The van der Waals surface area contributed by atoms with Gasteiger partial charge in [-0.25, -0.2) is 0 Å². The number of aliphatic hydroxyl groups excluding tert-OH is 1. The molecule has 0 aliphatic carbocycles. The Kier molecular flexibility index (Phi) is 5.85. The molecule has 0 heterocycles. The topological polar surface area (TPSA) is 60.9 Å². The Hall–Kier alpha value is -1.78. The van der Waals surface area contributed by atoms with Gasteiger partial charge in [0.2, 0.25) is 5.91 Å². The maximum absolute atomic E-state index is 11.3. The zero-order valence-electron chi connectivity index (χ0n) is 9.01. The maximum Gasteiger partial charge on any atom is 0.250 e. The molecule has 0 unspecified atom stereocenters. The van der Waals surface area contributed by atoms with E-state index in [1.807, 2.05) is 11.9 Å². The molecule has 0 bridgehead atoms. The fraction of sp³-hybridized carbons (Fsp3) is 0.400. The molecule has 0 saturated carbocycles. The first kappa shape index (κ1) is 13.2. The first-order valence-electron chi connectivity index (χ1n) is 4.45. The molecule has 0 aliphatic heterocycles. The van der Waals surface area contributed by atoms with E-state index in [1.165, 1.54) is 4.90 Å². The van der Waals surface area contributed by atoms with Crippen molar-refractivity contribution in [2.45, 2.75) is 0 Å². The third kappa shape index (κ3) is 5.51. The van der Waals surface area contributed by atoms with Gasteiger partial charge in [0.05, 0.1) is 0 Å². The van der Waals surface area contributed by atoms with Gasteiger partial charge >= 0.3 is 0 Å². The van der Waals surface area contributed by atoms with Crippen LogP contribution >= 0.6 is 0 Å². The summed E-state index contributed by atoms with van der Waals surface area (Å²) in [6, 6.07) is 0. The summed E-state index contributed by atoms with van der Waals surface area (Å²) in [5, 5.41) is 8.82. The van der Waals surface area contributed by atoms with Gasteiger partial charge < -0.3 is 14.9 Å². The monoisotopic (exact) mass is 212 g/mol. The molecule has 0 radical (unpaired) electrons. The number of nitrogens with zero attached hydrogens (tertiary/aromatic N) is 2. The Morgan fingerprint density at radius 1 is 1.40 bits per heavy atom. The number of hydrogen-bond donors (Lipinski definition) is 1. The van der Waals surface area contributed by atoms with Gasteiger partial charge in [-0.1, -0.05) is 6.58 Å². The SMILES string of the molecule is C=CN(C)CCN(C)C(=O)/C=C(\O)C=O. The van der Waals surface area contributed by atoms with Gasteiger partial charge in [-0.15, -0.1) is 0 Å². The predicted molar refractivity (Wildman–Crippen MR) is 57.2 cm³/mol. The van der Waals surface area contributed by atoms with Crippen LogP contribution in [-0.2, 0) is 9.59 Å². The summed E-state index contributed by atoms with van der Waals surface area (Å²) < 4.78 is 0. The van der Waals surface area contributed by atoms with Gasteiger partial charge in [-0.3, -0.25) is 9.59 Å². The third-order valence-corrected chi connectivity index (χ3v) is 1.87. The van der Waals surface area contributed by atoms with Crippen LogP contribution in [0.2, 0.25) is 0 Å².